The highest BCUT2D eigenvalue weighted by Crippen LogP contribution is 2.10. The van der Waals surface area contributed by atoms with Gasteiger partial charge in [0.25, 0.3) is 0 Å². The second-order valence-electron chi connectivity index (χ2n) is 3.65. The molecule has 0 saturated carbocycles. The van der Waals surface area contributed by atoms with Crippen LogP contribution in [-0.2, 0) is 6.54 Å². The summed E-state index contributed by atoms with van der Waals surface area (Å²) in [6.07, 6.45) is 4.94. The van der Waals surface area contributed by atoms with Gasteiger partial charge in [0.2, 0.25) is 0 Å². The third-order valence-corrected chi connectivity index (χ3v) is 2.32. The monoisotopic (exact) mass is 237 g/mol. The van der Waals surface area contributed by atoms with E-state index in [2.05, 4.69) is 5.32 Å². The number of halogens is 1. The topological polar surface area (TPSA) is 49.3 Å². The molecule has 0 saturated heterocycles. The van der Waals surface area contributed by atoms with Gasteiger partial charge in [-0.2, -0.15) is 0 Å². The van der Waals surface area contributed by atoms with Gasteiger partial charge in [-0.1, -0.05) is 18.2 Å². The van der Waals surface area contributed by atoms with Gasteiger partial charge in [0.1, 0.15) is 5.82 Å². The molecule has 2 N–H and O–H groups in total. The van der Waals surface area contributed by atoms with Crippen LogP contribution in [0.25, 0.3) is 0 Å². The van der Waals surface area contributed by atoms with Gasteiger partial charge in [0.15, 0.2) is 0 Å². The highest BCUT2D eigenvalue weighted by Gasteiger charge is 2.09. The van der Waals surface area contributed by atoms with E-state index in [9.17, 15) is 9.18 Å². The molecule has 0 unspecified atom stereocenters. The standard InChI is InChI=1S/C13H16FNO2/c1-2-3-4-7-15-9-10-5-6-11(13(16)17)12(14)8-10/h2-3,5-6,8,15H,4,7,9H2,1H3,(H,16,17)/b3-2+. The van der Waals surface area contributed by atoms with Crippen LogP contribution in [0.2, 0.25) is 0 Å². The molecule has 3 nitrogen and oxygen atoms in total. The fraction of sp³-hybridized carbons (Fsp3) is 0.308. The maximum absolute atomic E-state index is 13.3. The lowest BCUT2D eigenvalue weighted by molar-refractivity contribution is 0.0692. The summed E-state index contributed by atoms with van der Waals surface area (Å²) in [4.78, 5) is 10.6. The Kier molecular flexibility index (Phi) is 5.36. The van der Waals surface area contributed by atoms with Crippen LogP contribution in [0.15, 0.2) is 30.4 Å². The lowest BCUT2D eigenvalue weighted by atomic mass is 10.1. The molecule has 0 atom stereocenters. The lowest BCUT2D eigenvalue weighted by Crippen LogP contribution is -2.14. The van der Waals surface area contributed by atoms with Gasteiger partial charge in [-0.25, -0.2) is 9.18 Å². The van der Waals surface area contributed by atoms with Crippen molar-refractivity contribution in [3.8, 4) is 0 Å². The minimum absolute atomic E-state index is 0.289. The predicted octanol–water partition coefficient (Wildman–Crippen LogP) is 2.58. The Balaban J connectivity index is 2.50. The Hall–Kier alpha value is -1.68. The van der Waals surface area contributed by atoms with Gasteiger partial charge in [0, 0.05) is 6.54 Å². The third-order valence-electron chi connectivity index (χ3n) is 2.32. The first-order chi connectivity index (χ1) is 8.15. The second-order valence-corrected chi connectivity index (χ2v) is 3.65. The van der Waals surface area contributed by atoms with Crippen LogP contribution in [0.3, 0.4) is 0 Å². The fourth-order valence-corrected chi connectivity index (χ4v) is 1.43. The average molecular weight is 237 g/mol. The van der Waals surface area contributed by atoms with Gasteiger partial charge in [-0.3, -0.25) is 0 Å². The van der Waals surface area contributed by atoms with Crippen LogP contribution in [-0.4, -0.2) is 17.6 Å². The summed E-state index contributed by atoms with van der Waals surface area (Å²) in [6.45, 7) is 3.31. The Labute approximate surface area is 100.0 Å². The number of carbonyl (C=O) groups is 1. The summed E-state index contributed by atoms with van der Waals surface area (Å²) in [6, 6.07) is 4.17. The predicted molar refractivity (Wildman–Crippen MR) is 64.5 cm³/mol. The first-order valence-electron chi connectivity index (χ1n) is 5.48. The maximum Gasteiger partial charge on any atom is 0.338 e. The number of carboxylic acid groups (broad SMARTS) is 1. The molecule has 0 radical (unpaired) electrons. The van der Waals surface area contributed by atoms with Gasteiger partial charge < -0.3 is 10.4 Å². The molecule has 0 aliphatic rings. The highest BCUT2D eigenvalue weighted by atomic mass is 19.1. The molecule has 1 aromatic rings. The summed E-state index contributed by atoms with van der Waals surface area (Å²) in [7, 11) is 0. The number of nitrogens with one attached hydrogen (secondary N) is 1. The van der Waals surface area contributed by atoms with Crippen LogP contribution >= 0.6 is 0 Å². The summed E-state index contributed by atoms with van der Waals surface area (Å²) in [5.74, 6) is -1.93. The van der Waals surface area contributed by atoms with Crippen molar-refractivity contribution in [1.29, 1.82) is 0 Å². The van der Waals surface area contributed by atoms with Gasteiger partial charge >= 0.3 is 5.97 Å². The number of benzene rings is 1. The minimum atomic E-state index is -1.24. The summed E-state index contributed by atoms with van der Waals surface area (Å²) < 4.78 is 13.3. The van der Waals surface area contributed by atoms with E-state index in [0.717, 1.165) is 18.5 Å². The molecule has 0 aromatic heterocycles. The van der Waals surface area contributed by atoms with Crippen LogP contribution < -0.4 is 5.32 Å². The van der Waals surface area contributed by atoms with Crippen molar-refractivity contribution in [2.75, 3.05) is 6.54 Å². The normalized spacial score (nSPS) is 10.9. The maximum atomic E-state index is 13.3. The van der Waals surface area contributed by atoms with Crippen LogP contribution in [0.5, 0.6) is 0 Å². The summed E-state index contributed by atoms with van der Waals surface area (Å²) >= 11 is 0. The quantitative estimate of drug-likeness (QED) is 0.590. The molecule has 0 bridgehead atoms. The van der Waals surface area contributed by atoms with Crippen molar-refractivity contribution in [2.45, 2.75) is 19.9 Å². The minimum Gasteiger partial charge on any atom is -0.478 e. The van der Waals surface area contributed by atoms with Crippen molar-refractivity contribution < 1.29 is 14.3 Å². The number of carboxylic acids is 1. The zero-order chi connectivity index (χ0) is 12.7. The van der Waals surface area contributed by atoms with Crippen LogP contribution in [0.1, 0.15) is 29.3 Å². The first kappa shape index (κ1) is 13.4. The zero-order valence-electron chi connectivity index (χ0n) is 9.74. The lowest BCUT2D eigenvalue weighted by Gasteiger charge is -2.04. The number of hydrogen-bond donors (Lipinski definition) is 2. The van der Waals surface area contributed by atoms with E-state index < -0.39 is 11.8 Å². The highest BCUT2D eigenvalue weighted by molar-refractivity contribution is 5.87. The molecular formula is C13H16FNO2. The number of aromatic carboxylic acids is 1. The van der Waals surface area contributed by atoms with Gasteiger partial charge in [-0.15, -0.1) is 0 Å². The Morgan fingerprint density at radius 2 is 2.29 bits per heavy atom. The third kappa shape index (κ3) is 4.36. The molecule has 0 heterocycles. The molecular weight excluding hydrogens is 221 g/mol. The second kappa shape index (κ2) is 6.81. The van der Waals surface area contributed by atoms with Crippen molar-refractivity contribution in [3.05, 3.63) is 47.3 Å². The molecule has 0 spiro atoms. The molecule has 4 heteroatoms. The van der Waals surface area contributed by atoms with E-state index in [4.69, 9.17) is 5.11 Å². The molecule has 0 amide bonds. The molecule has 0 aliphatic heterocycles. The molecule has 1 aromatic carbocycles. The Bertz CT molecular complexity index is 416. The van der Waals surface area contributed by atoms with E-state index in [-0.39, 0.29) is 5.56 Å². The van der Waals surface area contributed by atoms with Crippen LogP contribution in [0.4, 0.5) is 4.39 Å². The van der Waals surface area contributed by atoms with E-state index in [1.54, 1.807) is 6.07 Å². The summed E-state index contributed by atoms with van der Waals surface area (Å²) in [5.41, 5.74) is 0.454. The molecule has 0 aliphatic carbocycles. The number of allylic oxidation sites excluding steroid dienone is 1. The Morgan fingerprint density at radius 1 is 1.53 bits per heavy atom. The van der Waals surface area contributed by atoms with E-state index in [1.807, 2.05) is 19.1 Å². The van der Waals surface area contributed by atoms with Crippen molar-refractivity contribution in [1.82, 2.24) is 5.32 Å². The fourth-order valence-electron chi connectivity index (χ4n) is 1.43. The Morgan fingerprint density at radius 3 is 2.88 bits per heavy atom. The van der Waals surface area contributed by atoms with Crippen molar-refractivity contribution in [2.24, 2.45) is 0 Å². The average Bonchev–Trinajstić information content (AvgIpc) is 2.28. The summed E-state index contributed by atoms with van der Waals surface area (Å²) in [5, 5.41) is 11.8. The number of rotatable bonds is 6. The molecule has 92 valence electrons. The van der Waals surface area contributed by atoms with Crippen molar-refractivity contribution in [3.63, 3.8) is 0 Å². The SMILES string of the molecule is C/C=C/CCNCc1ccc(C(=O)O)c(F)c1. The number of hydrogen-bond acceptors (Lipinski definition) is 2. The van der Waals surface area contributed by atoms with E-state index >= 15 is 0 Å². The van der Waals surface area contributed by atoms with E-state index in [0.29, 0.717) is 6.54 Å². The van der Waals surface area contributed by atoms with Crippen LogP contribution in [0, 0.1) is 5.82 Å². The van der Waals surface area contributed by atoms with Gasteiger partial charge in [0.05, 0.1) is 5.56 Å². The molecule has 0 fully saturated rings. The molecule has 17 heavy (non-hydrogen) atoms. The van der Waals surface area contributed by atoms with Crippen molar-refractivity contribution >= 4 is 5.97 Å². The first-order valence-corrected chi connectivity index (χ1v) is 5.48. The zero-order valence-corrected chi connectivity index (χ0v) is 9.74. The molecule has 1 rings (SSSR count). The smallest absolute Gasteiger partial charge is 0.338 e. The van der Waals surface area contributed by atoms with Gasteiger partial charge in [-0.05, 0) is 37.6 Å². The van der Waals surface area contributed by atoms with E-state index in [1.165, 1.54) is 12.1 Å². The largest absolute Gasteiger partial charge is 0.478 e.